The summed E-state index contributed by atoms with van der Waals surface area (Å²) in [5.41, 5.74) is 1.93. The Labute approximate surface area is 132 Å². The Morgan fingerprint density at radius 1 is 0.652 bits per heavy atom. The summed E-state index contributed by atoms with van der Waals surface area (Å²) < 4.78 is 26.9. The van der Waals surface area contributed by atoms with Crippen molar-refractivity contribution < 1.29 is 8.78 Å². The first-order valence-corrected chi connectivity index (χ1v) is 6.98. The molecule has 3 rings (SSSR count). The number of benzene rings is 2. The van der Waals surface area contributed by atoms with Gasteiger partial charge in [0.05, 0.1) is 35.2 Å². The van der Waals surface area contributed by atoms with Crippen LogP contribution in [0.15, 0.2) is 70.6 Å². The Hall–Kier alpha value is -3.08. The van der Waals surface area contributed by atoms with Gasteiger partial charge in [-0.2, -0.15) is 0 Å². The van der Waals surface area contributed by atoms with Gasteiger partial charge in [0.1, 0.15) is 11.6 Å². The molecule has 0 saturated heterocycles. The molecule has 0 fully saturated rings. The smallest absolute Gasteiger partial charge is 0.148 e. The number of rotatable bonds is 4. The molecule has 0 aliphatic heterocycles. The van der Waals surface area contributed by atoms with Crippen LogP contribution in [0.1, 0.15) is 11.4 Å². The minimum atomic E-state index is -0.378. The monoisotopic (exact) mass is 309 g/mol. The molecular formula is C18H13F2N3. The second kappa shape index (κ2) is 6.79. The Morgan fingerprint density at radius 2 is 1.09 bits per heavy atom. The molecule has 1 N–H and O–H groups in total. The maximum atomic E-state index is 13.5. The Morgan fingerprint density at radius 3 is 1.52 bits per heavy atom. The molecule has 1 aromatic heterocycles. The van der Waals surface area contributed by atoms with Crippen LogP contribution in [0.2, 0.25) is 0 Å². The van der Waals surface area contributed by atoms with Crippen molar-refractivity contribution in [2.24, 2.45) is 9.98 Å². The molecule has 0 atom stereocenters. The summed E-state index contributed by atoms with van der Waals surface area (Å²) in [7, 11) is 0. The van der Waals surface area contributed by atoms with Crippen LogP contribution in [-0.2, 0) is 0 Å². The average molecular weight is 309 g/mol. The maximum absolute atomic E-state index is 13.5. The van der Waals surface area contributed by atoms with Crippen LogP contribution in [0.4, 0.5) is 20.2 Å². The lowest BCUT2D eigenvalue weighted by Crippen LogP contribution is -1.85. The molecule has 3 aromatic rings. The number of H-pyrrole nitrogens is 1. The highest BCUT2D eigenvalue weighted by Gasteiger charge is 1.99. The van der Waals surface area contributed by atoms with Crippen molar-refractivity contribution in [1.82, 2.24) is 4.98 Å². The predicted octanol–water partition coefficient (Wildman–Crippen LogP) is 4.79. The highest BCUT2D eigenvalue weighted by molar-refractivity contribution is 5.85. The van der Waals surface area contributed by atoms with Crippen molar-refractivity contribution in [2.45, 2.75) is 0 Å². The van der Waals surface area contributed by atoms with Gasteiger partial charge in [0, 0.05) is 0 Å². The van der Waals surface area contributed by atoms with Gasteiger partial charge in [0.2, 0.25) is 0 Å². The fourth-order valence-corrected chi connectivity index (χ4v) is 1.97. The summed E-state index contributed by atoms with van der Waals surface area (Å²) in [5, 5.41) is 0. The molecule has 114 valence electrons. The van der Waals surface area contributed by atoms with E-state index in [1.165, 1.54) is 24.6 Å². The number of aromatic nitrogens is 1. The van der Waals surface area contributed by atoms with Gasteiger partial charge in [-0.05, 0) is 36.4 Å². The summed E-state index contributed by atoms with van der Waals surface area (Å²) in [4.78, 5) is 11.2. The summed E-state index contributed by atoms with van der Waals surface area (Å²) >= 11 is 0. The van der Waals surface area contributed by atoms with Gasteiger partial charge in [-0.25, -0.2) is 8.78 Å². The minimum absolute atomic E-state index is 0.267. The van der Waals surface area contributed by atoms with Crippen LogP contribution >= 0.6 is 0 Å². The lowest BCUT2D eigenvalue weighted by atomic mass is 10.3. The fourth-order valence-electron chi connectivity index (χ4n) is 1.97. The van der Waals surface area contributed by atoms with E-state index in [1.807, 2.05) is 0 Å². The molecular weight excluding hydrogens is 296 g/mol. The molecule has 0 spiro atoms. The number of aliphatic imine (C=N–C) groups is 2. The number of halogens is 2. The summed E-state index contributed by atoms with van der Waals surface area (Å²) in [6.07, 6.45) is 3.05. The normalized spacial score (nSPS) is 11.6. The lowest BCUT2D eigenvalue weighted by Gasteiger charge is -1.95. The third-order valence-corrected chi connectivity index (χ3v) is 3.12. The Bertz CT molecular complexity index is 796. The first kappa shape index (κ1) is 14.8. The zero-order chi connectivity index (χ0) is 16.1. The van der Waals surface area contributed by atoms with Gasteiger partial charge < -0.3 is 4.98 Å². The fraction of sp³-hybridized carbons (Fsp3) is 0. The minimum Gasteiger partial charge on any atom is -0.353 e. The van der Waals surface area contributed by atoms with Crippen LogP contribution in [0.25, 0.3) is 0 Å². The number of nitrogens with one attached hydrogen (secondary N) is 1. The molecule has 0 unspecified atom stereocenters. The third-order valence-electron chi connectivity index (χ3n) is 3.12. The van der Waals surface area contributed by atoms with Crippen molar-refractivity contribution in [3.8, 4) is 0 Å². The molecule has 0 radical (unpaired) electrons. The standard InChI is InChI=1S/C18H13F2N3/c19-15-5-1-3-7-17(15)21-11-13-9-10-14(23-13)12-22-18-8-4-2-6-16(18)20/h1-12,23H. The van der Waals surface area contributed by atoms with Crippen molar-refractivity contribution in [3.63, 3.8) is 0 Å². The SMILES string of the molecule is Fc1ccccc1N=Cc1ccc(C=Nc2ccccc2F)[nH]1. The van der Waals surface area contributed by atoms with E-state index in [4.69, 9.17) is 0 Å². The first-order chi connectivity index (χ1) is 11.2. The third kappa shape index (κ3) is 3.77. The van der Waals surface area contributed by atoms with Crippen molar-refractivity contribution in [3.05, 3.63) is 83.7 Å². The van der Waals surface area contributed by atoms with Crippen LogP contribution < -0.4 is 0 Å². The van der Waals surface area contributed by atoms with E-state index in [2.05, 4.69) is 15.0 Å². The Kier molecular flexibility index (Phi) is 4.38. The van der Waals surface area contributed by atoms with E-state index < -0.39 is 0 Å². The summed E-state index contributed by atoms with van der Waals surface area (Å²) in [5.74, 6) is -0.756. The van der Waals surface area contributed by atoms with Gasteiger partial charge in [0.15, 0.2) is 0 Å². The van der Waals surface area contributed by atoms with E-state index in [1.54, 1.807) is 48.5 Å². The molecule has 1 heterocycles. The summed E-state index contributed by atoms with van der Waals surface area (Å²) in [6, 6.07) is 16.1. The molecule has 0 aliphatic rings. The van der Waals surface area contributed by atoms with Crippen LogP contribution in [-0.4, -0.2) is 17.4 Å². The van der Waals surface area contributed by atoms with Crippen molar-refractivity contribution in [2.75, 3.05) is 0 Å². The maximum Gasteiger partial charge on any atom is 0.148 e. The van der Waals surface area contributed by atoms with Crippen LogP contribution in [0.5, 0.6) is 0 Å². The topological polar surface area (TPSA) is 40.5 Å². The summed E-state index contributed by atoms with van der Waals surface area (Å²) in [6.45, 7) is 0. The largest absolute Gasteiger partial charge is 0.353 e. The zero-order valence-corrected chi connectivity index (χ0v) is 12.1. The number of aromatic amines is 1. The van der Waals surface area contributed by atoms with Gasteiger partial charge in [-0.3, -0.25) is 9.98 Å². The highest BCUT2D eigenvalue weighted by atomic mass is 19.1. The molecule has 5 heteroatoms. The number of hydrogen-bond acceptors (Lipinski definition) is 2. The molecule has 0 saturated carbocycles. The molecule has 0 aliphatic carbocycles. The second-order valence-electron chi connectivity index (χ2n) is 4.79. The molecule has 0 bridgehead atoms. The van der Waals surface area contributed by atoms with Gasteiger partial charge >= 0.3 is 0 Å². The highest BCUT2D eigenvalue weighted by Crippen LogP contribution is 2.17. The van der Waals surface area contributed by atoms with E-state index in [0.29, 0.717) is 11.4 Å². The molecule has 0 amide bonds. The molecule has 3 nitrogen and oxygen atoms in total. The Balaban J connectivity index is 1.74. The number of para-hydroxylation sites is 2. The zero-order valence-electron chi connectivity index (χ0n) is 12.1. The van der Waals surface area contributed by atoms with E-state index >= 15 is 0 Å². The van der Waals surface area contributed by atoms with Gasteiger partial charge in [0.25, 0.3) is 0 Å². The first-order valence-electron chi connectivity index (χ1n) is 6.98. The van der Waals surface area contributed by atoms with Crippen LogP contribution in [0, 0.1) is 11.6 Å². The quantitative estimate of drug-likeness (QED) is 0.673. The number of hydrogen-bond donors (Lipinski definition) is 1. The van der Waals surface area contributed by atoms with E-state index in [0.717, 1.165) is 0 Å². The van der Waals surface area contributed by atoms with E-state index in [9.17, 15) is 8.78 Å². The average Bonchev–Trinajstić information content (AvgIpc) is 3.01. The van der Waals surface area contributed by atoms with Gasteiger partial charge in [-0.15, -0.1) is 0 Å². The molecule has 2 aromatic carbocycles. The predicted molar refractivity (Wildman–Crippen MR) is 88.1 cm³/mol. The lowest BCUT2D eigenvalue weighted by molar-refractivity contribution is 0.630. The second-order valence-corrected chi connectivity index (χ2v) is 4.79. The van der Waals surface area contributed by atoms with E-state index in [-0.39, 0.29) is 23.0 Å². The number of nitrogens with zero attached hydrogens (tertiary/aromatic N) is 2. The molecule has 23 heavy (non-hydrogen) atoms. The van der Waals surface area contributed by atoms with Gasteiger partial charge in [-0.1, -0.05) is 24.3 Å². The van der Waals surface area contributed by atoms with Crippen molar-refractivity contribution in [1.29, 1.82) is 0 Å². The van der Waals surface area contributed by atoms with Crippen LogP contribution in [0.3, 0.4) is 0 Å². The van der Waals surface area contributed by atoms with Crippen molar-refractivity contribution >= 4 is 23.8 Å².